The number of carbonyl (C=O) groups is 1. The Morgan fingerprint density at radius 1 is 1.00 bits per heavy atom. The van der Waals surface area contributed by atoms with Gasteiger partial charge in [0.25, 0.3) is 0 Å². The number of benzene rings is 3. The van der Waals surface area contributed by atoms with Crippen LogP contribution < -0.4 is 22.1 Å². The van der Waals surface area contributed by atoms with Gasteiger partial charge in [0.15, 0.2) is 11.1 Å². The minimum atomic E-state index is -1.91. The number of nitrogen functional groups attached to an aromatic ring is 1. The molecule has 39 heavy (non-hydrogen) atoms. The zero-order valence-electron chi connectivity index (χ0n) is 20.5. The number of halogens is 1. The van der Waals surface area contributed by atoms with Crippen molar-refractivity contribution in [3.05, 3.63) is 95.3 Å². The number of thiophene rings is 1. The van der Waals surface area contributed by atoms with E-state index in [1.165, 1.54) is 23.5 Å². The van der Waals surface area contributed by atoms with Crippen molar-refractivity contribution in [2.75, 3.05) is 10.6 Å². The van der Waals surface area contributed by atoms with Crippen LogP contribution in [0, 0.1) is 5.82 Å². The number of nitrogens with zero attached hydrogens (tertiary/aromatic N) is 2. The number of hydrogen-bond donors (Lipinski definition) is 4. The van der Waals surface area contributed by atoms with E-state index in [0.717, 1.165) is 42.8 Å². The molecule has 1 atom stereocenters. The number of carbonyl (C=O) groups excluding carboxylic acids is 1. The lowest BCUT2D eigenvalue weighted by atomic mass is 10.0. The van der Waals surface area contributed by atoms with Crippen molar-refractivity contribution >= 4 is 55.7 Å². The number of nitrogens with two attached hydrogens (primary N) is 3. The van der Waals surface area contributed by atoms with Crippen LogP contribution in [0.1, 0.15) is 11.1 Å². The van der Waals surface area contributed by atoms with E-state index in [4.69, 9.17) is 21.8 Å². The molecular formula is C28H24FN5O3S2. The predicted octanol–water partition coefficient (Wildman–Crippen LogP) is 5.75. The molecule has 2 heterocycles. The fourth-order valence-electron chi connectivity index (χ4n) is 4.44. The summed E-state index contributed by atoms with van der Waals surface area (Å²) in [6, 6.07) is 17.9. The van der Waals surface area contributed by atoms with Gasteiger partial charge < -0.3 is 21.8 Å². The first-order chi connectivity index (χ1) is 18.8. The van der Waals surface area contributed by atoms with E-state index in [9.17, 15) is 13.4 Å². The fourth-order valence-corrected chi connectivity index (χ4v) is 6.04. The minimum Gasteiger partial charge on any atom is -0.383 e. The SMILES string of the molecule is NCc1ccc(F)c(N(C(N)=O)c2ccc(-c3csc4c(-c5ccc(CS(=O)O)cc5)cnc(N)c34)cc2)c1. The van der Waals surface area contributed by atoms with E-state index in [0.29, 0.717) is 17.1 Å². The standard InChI is InChI=1S/C28H24FN5O3S2/c29-23-10-3-17(12-30)11-24(23)34(28(32)35)20-8-6-19(7-9-20)22-14-38-26-21(13-33-27(31)25(22)26)18-4-1-16(2-5-18)15-39(36)37/h1-11,13-14H,12,15,30H2,(H2,31,33)(H2,32,35)(H,36,37). The molecule has 0 aliphatic rings. The summed E-state index contributed by atoms with van der Waals surface area (Å²) in [5.41, 5.74) is 23.0. The van der Waals surface area contributed by atoms with Crippen LogP contribution in [-0.2, 0) is 23.4 Å². The van der Waals surface area contributed by atoms with Crippen molar-refractivity contribution in [2.45, 2.75) is 12.3 Å². The largest absolute Gasteiger partial charge is 0.383 e. The Hall–Kier alpha value is -4.16. The molecule has 5 rings (SSSR count). The van der Waals surface area contributed by atoms with Gasteiger partial charge in [0, 0.05) is 34.0 Å². The number of aromatic nitrogens is 1. The first-order valence-electron chi connectivity index (χ1n) is 11.8. The lowest BCUT2D eigenvalue weighted by Crippen LogP contribution is -2.32. The van der Waals surface area contributed by atoms with Crippen molar-refractivity contribution in [2.24, 2.45) is 11.5 Å². The maximum absolute atomic E-state index is 14.6. The Morgan fingerprint density at radius 3 is 2.28 bits per heavy atom. The molecule has 0 bridgehead atoms. The van der Waals surface area contributed by atoms with E-state index < -0.39 is 22.9 Å². The number of hydrogen-bond acceptors (Lipinski definition) is 6. The van der Waals surface area contributed by atoms with Crippen LogP contribution in [0.3, 0.4) is 0 Å². The van der Waals surface area contributed by atoms with Crippen molar-refractivity contribution < 1.29 is 17.9 Å². The molecule has 0 aliphatic carbocycles. The molecule has 0 radical (unpaired) electrons. The molecule has 0 aliphatic heterocycles. The van der Waals surface area contributed by atoms with E-state index in [2.05, 4.69) is 4.98 Å². The monoisotopic (exact) mass is 561 g/mol. The summed E-state index contributed by atoms with van der Waals surface area (Å²) in [6.45, 7) is 0.190. The number of pyridine rings is 1. The summed E-state index contributed by atoms with van der Waals surface area (Å²) < 4.78 is 35.9. The minimum absolute atomic E-state index is 0.0218. The molecule has 198 valence electrons. The van der Waals surface area contributed by atoms with Gasteiger partial charge in [0.05, 0.1) is 17.1 Å². The number of fused-ring (bicyclic) bond motifs is 1. The number of urea groups is 1. The molecule has 0 fully saturated rings. The third-order valence-electron chi connectivity index (χ3n) is 6.32. The van der Waals surface area contributed by atoms with Gasteiger partial charge in [-0.2, -0.15) is 0 Å². The Kier molecular flexibility index (Phi) is 7.40. The second kappa shape index (κ2) is 10.9. The summed E-state index contributed by atoms with van der Waals surface area (Å²) in [5.74, 6) is -0.156. The van der Waals surface area contributed by atoms with Crippen LogP contribution >= 0.6 is 11.3 Å². The smallest absolute Gasteiger partial charge is 0.323 e. The quantitative estimate of drug-likeness (QED) is 0.186. The van der Waals surface area contributed by atoms with Gasteiger partial charge in [-0.05, 0) is 51.9 Å². The average molecular weight is 562 g/mol. The first-order valence-corrected chi connectivity index (χ1v) is 13.9. The van der Waals surface area contributed by atoms with Gasteiger partial charge in [0.2, 0.25) is 0 Å². The van der Waals surface area contributed by atoms with Crippen molar-refractivity contribution in [3.8, 4) is 22.3 Å². The molecule has 3 aromatic carbocycles. The topological polar surface area (TPSA) is 149 Å². The second-order valence-electron chi connectivity index (χ2n) is 8.78. The van der Waals surface area contributed by atoms with Crippen LogP contribution in [0.25, 0.3) is 32.3 Å². The normalized spacial score (nSPS) is 12.0. The molecule has 8 nitrogen and oxygen atoms in total. The van der Waals surface area contributed by atoms with E-state index in [1.54, 1.807) is 24.4 Å². The second-order valence-corrected chi connectivity index (χ2v) is 10.6. The Bertz CT molecular complexity index is 1710. The number of anilines is 3. The third kappa shape index (κ3) is 5.25. The maximum Gasteiger partial charge on any atom is 0.323 e. The predicted molar refractivity (Wildman–Crippen MR) is 155 cm³/mol. The molecule has 0 saturated carbocycles. The zero-order chi connectivity index (χ0) is 27.7. The lowest BCUT2D eigenvalue weighted by molar-refractivity contribution is 0.256. The maximum atomic E-state index is 14.6. The van der Waals surface area contributed by atoms with Crippen LogP contribution in [0.5, 0.6) is 0 Å². The summed E-state index contributed by atoms with van der Waals surface area (Å²) >= 11 is -0.388. The summed E-state index contributed by atoms with van der Waals surface area (Å²) in [6.07, 6.45) is 1.72. The Balaban J connectivity index is 1.52. The highest BCUT2D eigenvalue weighted by Gasteiger charge is 2.20. The van der Waals surface area contributed by atoms with Crippen molar-refractivity contribution in [1.29, 1.82) is 0 Å². The van der Waals surface area contributed by atoms with Gasteiger partial charge in [-0.15, -0.1) is 11.3 Å². The summed E-state index contributed by atoms with van der Waals surface area (Å²) in [4.78, 5) is 17.9. The number of amides is 2. The summed E-state index contributed by atoms with van der Waals surface area (Å²) in [5, 5.41) is 2.78. The zero-order valence-corrected chi connectivity index (χ0v) is 22.1. The lowest BCUT2D eigenvalue weighted by Gasteiger charge is -2.22. The van der Waals surface area contributed by atoms with Crippen LogP contribution in [0.4, 0.5) is 26.4 Å². The third-order valence-corrected chi connectivity index (χ3v) is 7.92. The molecule has 0 saturated heterocycles. The first kappa shape index (κ1) is 26.4. The van der Waals surface area contributed by atoms with E-state index in [-0.39, 0.29) is 18.0 Å². The van der Waals surface area contributed by atoms with Gasteiger partial charge in [0.1, 0.15) is 11.6 Å². The molecular weight excluding hydrogens is 537 g/mol. The van der Waals surface area contributed by atoms with Gasteiger partial charge >= 0.3 is 6.03 Å². The fraction of sp³-hybridized carbons (Fsp3) is 0.0714. The molecule has 11 heteroatoms. The molecule has 2 amide bonds. The highest BCUT2D eigenvalue weighted by Crippen LogP contribution is 2.42. The van der Waals surface area contributed by atoms with E-state index in [1.807, 2.05) is 41.8 Å². The Labute approximate surface area is 230 Å². The van der Waals surface area contributed by atoms with Gasteiger partial charge in [-0.3, -0.25) is 4.90 Å². The molecule has 2 aromatic heterocycles. The van der Waals surface area contributed by atoms with Gasteiger partial charge in [-0.25, -0.2) is 18.4 Å². The number of primary amides is 1. The molecule has 7 N–H and O–H groups in total. The summed E-state index contributed by atoms with van der Waals surface area (Å²) in [7, 11) is 0. The highest BCUT2D eigenvalue weighted by molar-refractivity contribution is 7.78. The Morgan fingerprint density at radius 2 is 1.64 bits per heavy atom. The molecule has 5 aromatic rings. The van der Waals surface area contributed by atoms with E-state index >= 15 is 0 Å². The molecule has 0 spiro atoms. The average Bonchev–Trinajstić information content (AvgIpc) is 3.37. The highest BCUT2D eigenvalue weighted by atomic mass is 32.2. The van der Waals surface area contributed by atoms with Crippen LogP contribution in [0.15, 0.2) is 78.3 Å². The van der Waals surface area contributed by atoms with Crippen molar-refractivity contribution in [1.82, 2.24) is 4.98 Å². The van der Waals surface area contributed by atoms with Gasteiger partial charge in [-0.1, -0.05) is 42.5 Å². The van der Waals surface area contributed by atoms with Crippen LogP contribution in [-0.4, -0.2) is 19.8 Å². The van der Waals surface area contributed by atoms with Crippen molar-refractivity contribution in [3.63, 3.8) is 0 Å². The molecule has 1 unspecified atom stereocenters. The van der Waals surface area contributed by atoms with Crippen LogP contribution in [0.2, 0.25) is 0 Å². The number of rotatable bonds is 7.